The highest BCUT2D eigenvalue weighted by molar-refractivity contribution is 5.26. The smallest absolute Gasteiger partial charge is 0.140 e. The number of nitrogens with zero attached hydrogens (tertiary/aromatic N) is 2. The number of hydrogen-bond donors (Lipinski definition) is 0. The molecule has 1 aromatic rings. The molecule has 1 aliphatic carbocycles. The standard InChI is InChI=1S/C17H20N2/c18-12-16(13-19)17(15-10-6-3-7-11-15)14-8-4-1-2-5-9-14/h3,6-7,10-11,14,16-17H,1-2,4-5,8-9H2. The average Bonchev–Trinajstić information content (AvgIpc) is 2.74. The van der Waals surface area contributed by atoms with Crippen molar-refractivity contribution in [3.8, 4) is 12.1 Å². The van der Waals surface area contributed by atoms with Crippen LogP contribution in [0.5, 0.6) is 0 Å². The van der Waals surface area contributed by atoms with Gasteiger partial charge in [0.2, 0.25) is 0 Å². The molecule has 1 saturated carbocycles. The predicted octanol–water partition coefficient (Wildman–Crippen LogP) is 4.40. The first-order valence-corrected chi connectivity index (χ1v) is 7.21. The lowest BCUT2D eigenvalue weighted by molar-refractivity contribution is 0.349. The lowest BCUT2D eigenvalue weighted by Gasteiger charge is -2.27. The molecule has 0 N–H and O–H groups in total. The zero-order valence-electron chi connectivity index (χ0n) is 11.3. The minimum absolute atomic E-state index is 0.0781. The maximum Gasteiger partial charge on any atom is 0.140 e. The number of hydrogen-bond acceptors (Lipinski definition) is 2. The number of nitriles is 2. The molecule has 2 nitrogen and oxygen atoms in total. The van der Waals surface area contributed by atoms with Crippen LogP contribution in [-0.2, 0) is 0 Å². The summed E-state index contributed by atoms with van der Waals surface area (Å²) < 4.78 is 0. The molecule has 1 unspecified atom stereocenters. The van der Waals surface area contributed by atoms with E-state index in [0.717, 1.165) is 18.4 Å². The second kappa shape index (κ2) is 6.95. The summed E-state index contributed by atoms with van der Waals surface area (Å²) in [6.07, 6.45) is 7.36. The topological polar surface area (TPSA) is 47.6 Å². The van der Waals surface area contributed by atoms with E-state index in [0.29, 0.717) is 5.92 Å². The third kappa shape index (κ3) is 3.36. The van der Waals surface area contributed by atoms with Crippen LogP contribution in [-0.4, -0.2) is 0 Å². The molecular weight excluding hydrogens is 232 g/mol. The van der Waals surface area contributed by atoms with Crippen molar-refractivity contribution in [2.45, 2.75) is 44.4 Å². The van der Waals surface area contributed by atoms with Crippen LogP contribution >= 0.6 is 0 Å². The minimum atomic E-state index is -0.523. The lowest BCUT2D eigenvalue weighted by atomic mass is 9.74. The van der Waals surface area contributed by atoms with E-state index in [2.05, 4.69) is 24.3 Å². The molecule has 1 fully saturated rings. The van der Waals surface area contributed by atoms with Crippen LogP contribution in [0.3, 0.4) is 0 Å². The first-order chi connectivity index (χ1) is 9.36. The van der Waals surface area contributed by atoms with E-state index >= 15 is 0 Å². The highest BCUT2D eigenvalue weighted by atomic mass is 14.4. The van der Waals surface area contributed by atoms with Crippen molar-refractivity contribution in [1.82, 2.24) is 0 Å². The summed E-state index contributed by atoms with van der Waals surface area (Å²) in [5.74, 6) is 0.0361. The van der Waals surface area contributed by atoms with Gasteiger partial charge in [0.1, 0.15) is 5.92 Å². The third-order valence-corrected chi connectivity index (χ3v) is 4.23. The van der Waals surface area contributed by atoms with E-state index < -0.39 is 5.92 Å². The monoisotopic (exact) mass is 252 g/mol. The van der Waals surface area contributed by atoms with Crippen LogP contribution in [0.4, 0.5) is 0 Å². The van der Waals surface area contributed by atoms with Crippen LogP contribution in [0.25, 0.3) is 0 Å². The summed E-state index contributed by atoms with van der Waals surface area (Å²) in [6, 6.07) is 14.5. The van der Waals surface area contributed by atoms with Gasteiger partial charge in [0, 0.05) is 5.92 Å². The van der Waals surface area contributed by atoms with E-state index in [9.17, 15) is 10.5 Å². The molecule has 0 heterocycles. The van der Waals surface area contributed by atoms with Crippen molar-refractivity contribution in [1.29, 1.82) is 10.5 Å². The van der Waals surface area contributed by atoms with Gasteiger partial charge in [-0.25, -0.2) is 0 Å². The Kier molecular flexibility index (Phi) is 4.99. The zero-order valence-corrected chi connectivity index (χ0v) is 11.3. The summed E-state index contributed by atoms with van der Waals surface area (Å²) in [7, 11) is 0. The largest absolute Gasteiger partial charge is 0.197 e. The highest BCUT2D eigenvalue weighted by Gasteiger charge is 2.31. The predicted molar refractivity (Wildman–Crippen MR) is 75.1 cm³/mol. The van der Waals surface area contributed by atoms with Gasteiger partial charge in [-0.3, -0.25) is 0 Å². The van der Waals surface area contributed by atoms with Crippen molar-refractivity contribution in [2.75, 3.05) is 0 Å². The second-order valence-corrected chi connectivity index (χ2v) is 5.42. The third-order valence-electron chi connectivity index (χ3n) is 4.23. The van der Waals surface area contributed by atoms with Crippen molar-refractivity contribution in [2.24, 2.45) is 11.8 Å². The maximum absolute atomic E-state index is 9.29. The summed E-state index contributed by atoms with van der Waals surface area (Å²) in [6.45, 7) is 0. The van der Waals surface area contributed by atoms with Crippen LogP contribution < -0.4 is 0 Å². The van der Waals surface area contributed by atoms with Gasteiger partial charge in [0.25, 0.3) is 0 Å². The zero-order chi connectivity index (χ0) is 13.5. The van der Waals surface area contributed by atoms with Gasteiger partial charge in [0.05, 0.1) is 12.1 Å². The van der Waals surface area contributed by atoms with Crippen molar-refractivity contribution < 1.29 is 0 Å². The molecule has 1 aliphatic rings. The van der Waals surface area contributed by atoms with Gasteiger partial charge in [-0.2, -0.15) is 10.5 Å². The van der Waals surface area contributed by atoms with E-state index in [4.69, 9.17) is 0 Å². The molecule has 1 aromatic carbocycles. The van der Waals surface area contributed by atoms with Crippen LogP contribution in [0.15, 0.2) is 30.3 Å². The Labute approximate surface area is 115 Å². The maximum atomic E-state index is 9.29. The molecular formula is C17H20N2. The van der Waals surface area contributed by atoms with Gasteiger partial charge in [-0.15, -0.1) is 0 Å². The molecule has 19 heavy (non-hydrogen) atoms. The Morgan fingerprint density at radius 1 is 0.895 bits per heavy atom. The minimum Gasteiger partial charge on any atom is -0.197 e. The lowest BCUT2D eigenvalue weighted by Crippen LogP contribution is -2.20. The normalized spacial score (nSPS) is 18.3. The Balaban J connectivity index is 2.29. The summed E-state index contributed by atoms with van der Waals surface area (Å²) in [5.41, 5.74) is 1.16. The fourth-order valence-corrected chi connectivity index (χ4v) is 3.27. The SMILES string of the molecule is N#CC(C#N)C(c1ccccc1)C1CCCCCC1. The molecule has 98 valence electrons. The molecule has 1 atom stereocenters. The van der Waals surface area contributed by atoms with Gasteiger partial charge in [-0.05, 0) is 24.3 Å². The van der Waals surface area contributed by atoms with Crippen molar-refractivity contribution in [3.05, 3.63) is 35.9 Å². The molecule has 0 bridgehead atoms. The molecule has 0 aromatic heterocycles. The van der Waals surface area contributed by atoms with Crippen LogP contribution in [0.1, 0.15) is 50.0 Å². The number of rotatable bonds is 3. The molecule has 2 rings (SSSR count). The quantitative estimate of drug-likeness (QED) is 0.748. The first kappa shape index (κ1) is 13.6. The van der Waals surface area contributed by atoms with Crippen molar-refractivity contribution in [3.63, 3.8) is 0 Å². The molecule has 0 aliphatic heterocycles. The molecule has 0 spiro atoms. The molecule has 0 amide bonds. The van der Waals surface area contributed by atoms with E-state index in [1.54, 1.807) is 0 Å². The molecule has 2 heteroatoms. The second-order valence-electron chi connectivity index (χ2n) is 5.42. The van der Waals surface area contributed by atoms with E-state index in [-0.39, 0.29) is 5.92 Å². The van der Waals surface area contributed by atoms with Crippen LogP contribution in [0, 0.1) is 34.5 Å². The highest BCUT2D eigenvalue weighted by Crippen LogP contribution is 2.39. The fraction of sp³-hybridized carbons (Fsp3) is 0.529. The van der Waals surface area contributed by atoms with Gasteiger partial charge < -0.3 is 0 Å². The van der Waals surface area contributed by atoms with Gasteiger partial charge >= 0.3 is 0 Å². The average molecular weight is 252 g/mol. The van der Waals surface area contributed by atoms with E-state index in [1.807, 2.05) is 18.2 Å². The van der Waals surface area contributed by atoms with Crippen LogP contribution in [0.2, 0.25) is 0 Å². The Morgan fingerprint density at radius 3 is 2.00 bits per heavy atom. The van der Waals surface area contributed by atoms with Crippen molar-refractivity contribution >= 4 is 0 Å². The summed E-state index contributed by atoms with van der Waals surface area (Å²) in [5, 5.41) is 18.6. The Bertz CT molecular complexity index is 444. The molecule has 0 saturated heterocycles. The molecule has 0 radical (unpaired) electrons. The Hall–Kier alpha value is -1.80. The summed E-state index contributed by atoms with van der Waals surface area (Å²) >= 11 is 0. The first-order valence-electron chi connectivity index (χ1n) is 7.21. The van der Waals surface area contributed by atoms with Gasteiger partial charge in [0.15, 0.2) is 0 Å². The fourth-order valence-electron chi connectivity index (χ4n) is 3.27. The Morgan fingerprint density at radius 2 is 1.47 bits per heavy atom. The van der Waals surface area contributed by atoms with E-state index in [1.165, 1.54) is 25.7 Å². The number of benzene rings is 1. The summed E-state index contributed by atoms with van der Waals surface area (Å²) in [4.78, 5) is 0. The van der Waals surface area contributed by atoms with Gasteiger partial charge in [-0.1, -0.05) is 56.0 Å².